The van der Waals surface area contributed by atoms with Gasteiger partial charge in [-0.25, -0.2) is 13.6 Å². The minimum atomic E-state index is -1.62. The van der Waals surface area contributed by atoms with Gasteiger partial charge in [-0.05, 0) is 48.2 Å². The number of benzene rings is 3. The largest absolute Gasteiger partial charge is 0.494 e. The smallest absolute Gasteiger partial charge is 0.335 e. The lowest BCUT2D eigenvalue weighted by atomic mass is 9.88. The first-order valence-electron chi connectivity index (χ1n) is 12.8. The Balaban J connectivity index is 2.03. The third-order valence-electron chi connectivity index (χ3n) is 7.41. The summed E-state index contributed by atoms with van der Waals surface area (Å²) in [5, 5.41) is 29.2. The van der Waals surface area contributed by atoms with Crippen LogP contribution in [-0.4, -0.2) is 51.8 Å². The highest BCUT2D eigenvalue weighted by Gasteiger charge is 2.38. The fourth-order valence-electron chi connectivity index (χ4n) is 5.41. The van der Waals surface area contributed by atoms with Crippen molar-refractivity contribution in [1.29, 1.82) is 0 Å². The van der Waals surface area contributed by atoms with E-state index in [1.165, 1.54) is 44.7 Å². The Hall–Kier alpha value is -4.28. The molecular weight excluding hydrogens is 520 g/mol. The van der Waals surface area contributed by atoms with Crippen LogP contribution in [0.5, 0.6) is 5.75 Å². The molecule has 0 saturated carbocycles. The number of fused-ring (bicyclic) bond motifs is 2. The van der Waals surface area contributed by atoms with Crippen molar-refractivity contribution >= 4 is 27.8 Å². The van der Waals surface area contributed by atoms with Gasteiger partial charge in [0, 0.05) is 35.2 Å². The Labute approximate surface area is 228 Å². The van der Waals surface area contributed by atoms with Crippen LogP contribution in [0.15, 0.2) is 48.7 Å². The van der Waals surface area contributed by atoms with Crippen molar-refractivity contribution in [3.8, 4) is 22.6 Å². The third-order valence-corrected chi connectivity index (χ3v) is 7.41. The van der Waals surface area contributed by atoms with E-state index in [1.807, 2.05) is 6.92 Å². The zero-order chi connectivity index (χ0) is 28.8. The summed E-state index contributed by atoms with van der Waals surface area (Å²) < 4.78 is 43.3. The molecule has 0 aliphatic heterocycles. The fourth-order valence-corrected chi connectivity index (χ4v) is 5.41. The summed E-state index contributed by atoms with van der Waals surface area (Å²) in [6.07, 6.45) is 2.11. The lowest BCUT2D eigenvalue weighted by Gasteiger charge is -2.30. The standard InChI is InChI=1S/C30H29F2N3O5/c1-5-16-11-17(7-9-20(16)29(36)37)24-25-22(12-18-14-33-34-27(18)26(25)32)35(28(24)30(38,6-2)15-39-3)19-8-10-21(31)23(13-19)40-4/h7-14,38H,5-6,15H2,1-4H3,(H,33,34)(H,36,37). The first-order valence-corrected chi connectivity index (χ1v) is 12.8. The molecule has 1 atom stereocenters. The van der Waals surface area contributed by atoms with Crippen LogP contribution in [0, 0.1) is 11.6 Å². The van der Waals surface area contributed by atoms with E-state index in [0.29, 0.717) is 45.4 Å². The second-order valence-corrected chi connectivity index (χ2v) is 9.65. The summed E-state index contributed by atoms with van der Waals surface area (Å²) in [6, 6.07) is 10.8. The number of aromatic nitrogens is 3. The van der Waals surface area contributed by atoms with Crippen LogP contribution in [0.1, 0.15) is 41.9 Å². The molecule has 3 aromatic carbocycles. The van der Waals surface area contributed by atoms with E-state index in [0.717, 1.165) is 0 Å². The van der Waals surface area contributed by atoms with Crippen LogP contribution < -0.4 is 4.74 Å². The highest BCUT2D eigenvalue weighted by Crippen LogP contribution is 2.46. The van der Waals surface area contributed by atoms with Crippen molar-refractivity contribution in [2.24, 2.45) is 0 Å². The van der Waals surface area contributed by atoms with Gasteiger partial charge >= 0.3 is 5.97 Å². The minimum Gasteiger partial charge on any atom is -0.494 e. The fraction of sp³-hybridized carbons (Fsp3) is 0.267. The number of methoxy groups -OCH3 is 2. The Morgan fingerprint density at radius 2 is 1.90 bits per heavy atom. The zero-order valence-corrected chi connectivity index (χ0v) is 22.5. The molecule has 5 rings (SSSR count). The summed E-state index contributed by atoms with van der Waals surface area (Å²) in [7, 11) is 2.81. The van der Waals surface area contributed by atoms with Gasteiger partial charge in [0.25, 0.3) is 0 Å². The van der Waals surface area contributed by atoms with Crippen LogP contribution in [-0.2, 0) is 16.8 Å². The third kappa shape index (κ3) is 4.20. The quantitative estimate of drug-likeness (QED) is 0.209. The summed E-state index contributed by atoms with van der Waals surface area (Å²) >= 11 is 0. The molecule has 0 spiro atoms. The minimum absolute atomic E-state index is 0.0254. The number of nitrogens with one attached hydrogen (secondary N) is 1. The van der Waals surface area contributed by atoms with Gasteiger partial charge in [0.2, 0.25) is 0 Å². The van der Waals surface area contributed by atoms with Gasteiger partial charge in [-0.3, -0.25) is 5.10 Å². The van der Waals surface area contributed by atoms with Gasteiger partial charge in [-0.2, -0.15) is 5.10 Å². The molecule has 0 amide bonds. The maximum absolute atomic E-state index is 16.5. The lowest BCUT2D eigenvalue weighted by molar-refractivity contribution is -0.0422. The zero-order valence-electron chi connectivity index (χ0n) is 22.5. The monoisotopic (exact) mass is 549 g/mol. The molecule has 0 bridgehead atoms. The summed E-state index contributed by atoms with van der Waals surface area (Å²) in [5.41, 5.74) is 1.25. The summed E-state index contributed by atoms with van der Waals surface area (Å²) in [6.45, 7) is 3.49. The number of carbonyl (C=O) groups is 1. The van der Waals surface area contributed by atoms with Crippen LogP contribution in [0.2, 0.25) is 0 Å². The summed E-state index contributed by atoms with van der Waals surface area (Å²) in [5.74, 6) is -2.26. The van der Waals surface area contributed by atoms with E-state index in [1.54, 1.807) is 29.7 Å². The number of hydrogen-bond acceptors (Lipinski definition) is 5. The van der Waals surface area contributed by atoms with Crippen LogP contribution in [0.4, 0.5) is 8.78 Å². The van der Waals surface area contributed by atoms with E-state index in [2.05, 4.69) is 10.2 Å². The number of halogens is 2. The highest BCUT2D eigenvalue weighted by atomic mass is 19.1. The van der Waals surface area contributed by atoms with Crippen molar-refractivity contribution in [3.63, 3.8) is 0 Å². The van der Waals surface area contributed by atoms with Crippen molar-refractivity contribution in [2.75, 3.05) is 20.8 Å². The van der Waals surface area contributed by atoms with Gasteiger partial charge in [-0.1, -0.05) is 26.0 Å². The number of aliphatic hydroxyl groups is 1. The number of aromatic amines is 1. The predicted octanol–water partition coefficient (Wildman–Crippen LogP) is 5.97. The molecule has 1 unspecified atom stereocenters. The number of carboxylic acids is 1. The van der Waals surface area contributed by atoms with Crippen molar-refractivity contribution in [1.82, 2.24) is 14.8 Å². The molecule has 0 radical (unpaired) electrons. The Morgan fingerprint density at radius 1 is 1.12 bits per heavy atom. The molecule has 0 aliphatic rings. The first kappa shape index (κ1) is 27.3. The average molecular weight is 550 g/mol. The SMILES string of the molecule is CCc1cc(-c2c(C(O)(CC)COC)n(-c3ccc(F)c(OC)c3)c3cc4cn[nH]c4c(F)c23)ccc1C(=O)O. The van der Waals surface area contributed by atoms with Gasteiger partial charge in [0.05, 0.1) is 36.7 Å². The molecule has 0 fully saturated rings. The second kappa shape index (κ2) is 10.4. The summed E-state index contributed by atoms with van der Waals surface area (Å²) in [4.78, 5) is 11.9. The molecule has 208 valence electrons. The molecule has 2 aromatic heterocycles. The normalized spacial score (nSPS) is 13.2. The molecule has 3 N–H and O–H groups in total. The molecule has 40 heavy (non-hydrogen) atoms. The topological polar surface area (TPSA) is 110 Å². The number of aromatic carboxylic acids is 1. The van der Waals surface area contributed by atoms with Gasteiger partial charge in [-0.15, -0.1) is 0 Å². The molecule has 0 aliphatic carbocycles. The number of rotatable bonds is 9. The number of carboxylic acid groups (broad SMARTS) is 1. The van der Waals surface area contributed by atoms with Crippen molar-refractivity contribution in [2.45, 2.75) is 32.3 Å². The van der Waals surface area contributed by atoms with Crippen LogP contribution >= 0.6 is 0 Å². The number of nitrogens with zero attached hydrogens (tertiary/aromatic N) is 2. The van der Waals surface area contributed by atoms with Gasteiger partial charge < -0.3 is 24.3 Å². The van der Waals surface area contributed by atoms with E-state index in [4.69, 9.17) is 9.47 Å². The Morgan fingerprint density at radius 3 is 2.55 bits per heavy atom. The molecule has 2 heterocycles. The van der Waals surface area contributed by atoms with E-state index < -0.39 is 23.2 Å². The van der Waals surface area contributed by atoms with E-state index in [9.17, 15) is 19.4 Å². The van der Waals surface area contributed by atoms with E-state index >= 15 is 4.39 Å². The molecule has 10 heteroatoms. The predicted molar refractivity (Wildman–Crippen MR) is 147 cm³/mol. The molecule has 8 nitrogen and oxygen atoms in total. The number of aryl methyl sites for hydroxylation is 1. The Kier molecular flexibility index (Phi) is 7.07. The average Bonchev–Trinajstić information content (AvgIpc) is 3.57. The van der Waals surface area contributed by atoms with Crippen LogP contribution in [0.25, 0.3) is 38.6 Å². The van der Waals surface area contributed by atoms with Gasteiger partial charge in [0.1, 0.15) is 11.1 Å². The molecule has 5 aromatic rings. The number of H-pyrrole nitrogens is 1. The van der Waals surface area contributed by atoms with Gasteiger partial charge in [0.15, 0.2) is 17.4 Å². The van der Waals surface area contributed by atoms with E-state index in [-0.39, 0.29) is 35.2 Å². The van der Waals surface area contributed by atoms with Crippen molar-refractivity contribution in [3.05, 3.63) is 77.1 Å². The highest BCUT2D eigenvalue weighted by molar-refractivity contribution is 6.07. The number of ether oxygens (including phenoxy) is 2. The van der Waals surface area contributed by atoms with Crippen LogP contribution in [0.3, 0.4) is 0 Å². The van der Waals surface area contributed by atoms with Crippen molar-refractivity contribution < 1.29 is 33.3 Å². The maximum Gasteiger partial charge on any atom is 0.335 e. The Bertz CT molecular complexity index is 1760. The molecular formula is C30H29F2N3O5. The lowest BCUT2D eigenvalue weighted by Crippen LogP contribution is -2.33. The molecule has 0 saturated heterocycles. The first-order chi connectivity index (χ1) is 19.2. The number of hydrogen-bond donors (Lipinski definition) is 3. The second-order valence-electron chi connectivity index (χ2n) is 9.65. The maximum atomic E-state index is 16.5.